The van der Waals surface area contributed by atoms with Gasteiger partial charge in [-0.3, -0.25) is 4.31 Å². The highest BCUT2D eigenvalue weighted by Crippen LogP contribution is 2.30. The van der Waals surface area contributed by atoms with Crippen molar-refractivity contribution < 1.29 is 22.2 Å². The number of carbonyl (C=O) groups is 1. The van der Waals surface area contributed by atoms with Crippen molar-refractivity contribution in [3.05, 3.63) is 48.0 Å². The number of hydrogen-bond donors (Lipinski definition) is 3. The van der Waals surface area contributed by atoms with Gasteiger partial charge in [-0.25, -0.2) is 22.2 Å². The van der Waals surface area contributed by atoms with Crippen molar-refractivity contribution >= 4 is 37.2 Å². The summed E-state index contributed by atoms with van der Waals surface area (Å²) in [6, 6.07) is 11.7. The maximum absolute atomic E-state index is 13.7. The summed E-state index contributed by atoms with van der Waals surface area (Å²) in [5, 5.41) is 5.59. The summed E-state index contributed by atoms with van der Waals surface area (Å²) in [6.45, 7) is 6.74. The number of carbonyl (C=O) groups excluding carboxylic acids is 1. The van der Waals surface area contributed by atoms with E-state index in [1.54, 1.807) is 12.1 Å². The van der Waals surface area contributed by atoms with E-state index in [9.17, 15) is 17.4 Å². The summed E-state index contributed by atoms with van der Waals surface area (Å²) in [6.07, 6.45) is 1.16. The van der Waals surface area contributed by atoms with Gasteiger partial charge in [0.15, 0.2) is 0 Å². The van der Waals surface area contributed by atoms with E-state index in [4.69, 9.17) is 9.52 Å². The average Bonchev–Trinajstić information content (AvgIpc) is 3.20. The second kappa shape index (κ2) is 10.2. The number of rotatable bonds is 10. The van der Waals surface area contributed by atoms with Crippen molar-refractivity contribution in [3.8, 4) is 0 Å². The molecule has 1 saturated heterocycles. The predicted molar refractivity (Wildman–Crippen MR) is 133 cm³/mol. The molecule has 1 aliphatic heterocycles. The lowest BCUT2D eigenvalue weighted by Crippen LogP contribution is -2.34. The van der Waals surface area contributed by atoms with E-state index >= 15 is 0 Å². The summed E-state index contributed by atoms with van der Waals surface area (Å²) in [5.41, 5.74) is 2.02. The van der Waals surface area contributed by atoms with Gasteiger partial charge in [0, 0.05) is 12.8 Å². The lowest BCUT2D eigenvalue weighted by atomic mass is 10.1. The van der Waals surface area contributed by atoms with Crippen LogP contribution in [0.2, 0.25) is 0 Å². The Morgan fingerprint density at radius 3 is 2.38 bits per heavy atom. The predicted octanol–water partition coefficient (Wildman–Crippen LogP) is 3.66. The number of anilines is 2. The minimum absolute atomic E-state index is 0.0379. The van der Waals surface area contributed by atoms with Crippen LogP contribution in [0.3, 0.4) is 0 Å². The molecule has 0 saturated carbocycles. The number of amides is 1. The number of ether oxygens (including phenoxy) is 1. The van der Waals surface area contributed by atoms with Crippen LogP contribution in [0.5, 0.6) is 0 Å². The Balaban J connectivity index is 1.98. The van der Waals surface area contributed by atoms with E-state index in [0.29, 0.717) is 17.9 Å². The first-order chi connectivity index (χ1) is 15.9. The molecule has 1 amide bonds. The fourth-order valence-electron chi connectivity index (χ4n) is 3.60. The molecule has 3 rings (SSSR count). The minimum Gasteiger partial charge on any atom is -0.442 e. The summed E-state index contributed by atoms with van der Waals surface area (Å²) >= 11 is 0. The highest BCUT2D eigenvalue weighted by atomic mass is 32.2. The molecule has 9 nitrogen and oxygen atoms in total. The maximum atomic E-state index is 13.7. The van der Waals surface area contributed by atoms with Crippen LogP contribution >= 0.6 is 0 Å². The molecule has 2 atom stereocenters. The van der Waals surface area contributed by atoms with Crippen molar-refractivity contribution in [3.63, 3.8) is 0 Å². The Hall–Kier alpha value is -2.79. The molecule has 0 aromatic heterocycles. The van der Waals surface area contributed by atoms with Crippen LogP contribution in [-0.2, 0) is 30.9 Å². The number of alkyl carbamates (subject to hydrolysis) is 1. The molecule has 0 bridgehead atoms. The molecule has 1 unspecified atom stereocenters. The van der Waals surface area contributed by atoms with Crippen LogP contribution in [0.1, 0.15) is 26.3 Å². The Bertz CT molecular complexity index is 1240. The van der Waals surface area contributed by atoms with E-state index in [1.807, 2.05) is 32.9 Å². The lowest BCUT2D eigenvalue weighted by Gasteiger charge is -2.27. The van der Waals surface area contributed by atoms with Crippen molar-refractivity contribution in [2.24, 2.45) is 5.92 Å². The van der Waals surface area contributed by atoms with Gasteiger partial charge in [0.2, 0.25) is 0 Å². The van der Waals surface area contributed by atoms with Gasteiger partial charge in [0.05, 0.1) is 44.0 Å². The number of sulfonamides is 1. The highest BCUT2D eigenvalue weighted by molar-refractivity contribution is 7.93. The minimum atomic E-state index is -3.99. The second-order valence-corrected chi connectivity index (χ2v) is 12.7. The van der Waals surface area contributed by atoms with Crippen LogP contribution in [0.15, 0.2) is 52.3 Å². The summed E-state index contributed by atoms with van der Waals surface area (Å²) in [7, 11) is -7.25. The van der Waals surface area contributed by atoms with Gasteiger partial charge in [0.1, 0.15) is 6.10 Å². The van der Waals surface area contributed by atoms with Crippen molar-refractivity contribution in [1.82, 2.24) is 5.32 Å². The van der Waals surface area contributed by atoms with E-state index in [2.05, 4.69) is 10.6 Å². The summed E-state index contributed by atoms with van der Waals surface area (Å²) in [5.74, 6) is 0.0651. The largest absolute Gasteiger partial charge is 0.442 e. The molecular formula is C23H32N4O5S2. The molecule has 1 aliphatic rings. The van der Waals surface area contributed by atoms with Crippen LogP contribution in [0.4, 0.5) is 16.2 Å². The SMILES string of the molecule is CCc1ccc(N(CC(C)C)S(=O)(=O)c2ccc(NC[C@H]3CNC(=O)O3)c(S(C)(=N)=O)c2)cc1. The van der Waals surface area contributed by atoms with Crippen LogP contribution in [0, 0.1) is 10.7 Å². The fraction of sp³-hybridized carbons (Fsp3) is 0.435. The smallest absolute Gasteiger partial charge is 0.407 e. The molecule has 0 aliphatic carbocycles. The first-order valence-corrected chi connectivity index (χ1v) is 14.5. The van der Waals surface area contributed by atoms with Gasteiger partial charge in [-0.15, -0.1) is 0 Å². The third-order valence-electron chi connectivity index (χ3n) is 5.39. The topological polar surface area (TPSA) is 129 Å². The molecule has 34 heavy (non-hydrogen) atoms. The van der Waals surface area contributed by atoms with Crippen molar-refractivity contribution in [2.75, 3.05) is 35.5 Å². The monoisotopic (exact) mass is 508 g/mol. The number of hydrogen-bond acceptors (Lipinski definition) is 7. The Kier molecular flexibility index (Phi) is 7.77. The van der Waals surface area contributed by atoms with E-state index in [1.165, 1.54) is 28.8 Å². The van der Waals surface area contributed by atoms with Crippen LogP contribution in [-0.4, -0.2) is 50.7 Å². The first kappa shape index (κ1) is 25.8. The van der Waals surface area contributed by atoms with Gasteiger partial charge in [-0.05, 0) is 48.2 Å². The molecule has 186 valence electrons. The molecule has 2 aromatic carbocycles. The third-order valence-corrected chi connectivity index (χ3v) is 8.36. The Morgan fingerprint density at radius 2 is 1.85 bits per heavy atom. The normalized spacial score (nSPS) is 17.7. The average molecular weight is 509 g/mol. The quantitative estimate of drug-likeness (QED) is 0.449. The fourth-order valence-corrected chi connectivity index (χ4v) is 6.24. The molecular weight excluding hydrogens is 476 g/mol. The van der Waals surface area contributed by atoms with Gasteiger partial charge in [0.25, 0.3) is 10.0 Å². The number of aryl methyl sites for hydroxylation is 1. The molecule has 3 N–H and O–H groups in total. The highest BCUT2D eigenvalue weighted by Gasteiger charge is 2.28. The molecule has 2 aromatic rings. The van der Waals surface area contributed by atoms with Gasteiger partial charge >= 0.3 is 6.09 Å². The van der Waals surface area contributed by atoms with E-state index in [-0.39, 0.29) is 28.8 Å². The van der Waals surface area contributed by atoms with E-state index < -0.39 is 31.9 Å². The number of nitrogens with zero attached hydrogens (tertiary/aromatic N) is 1. The zero-order valence-electron chi connectivity index (χ0n) is 19.8. The Labute approximate surface area is 201 Å². The van der Waals surface area contributed by atoms with Crippen molar-refractivity contribution in [1.29, 1.82) is 4.78 Å². The van der Waals surface area contributed by atoms with Gasteiger partial charge in [-0.1, -0.05) is 32.9 Å². The molecule has 0 radical (unpaired) electrons. The molecule has 1 heterocycles. The van der Waals surface area contributed by atoms with Crippen LogP contribution in [0.25, 0.3) is 0 Å². The van der Waals surface area contributed by atoms with Gasteiger partial charge in [-0.2, -0.15) is 0 Å². The van der Waals surface area contributed by atoms with Crippen LogP contribution < -0.4 is 14.9 Å². The maximum Gasteiger partial charge on any atom is 0.407 e. The summed E-state index contributed by atoms with van der Waals surface area (Å²) < 4.78 is 54.7. The van der Waals surface area contributed by atoms with E-state index in [0.717, 1.165) is 12.0 Å². The standard InChI is InChI=1S/C23H32N4O5S2/c1-5-17-6-8-18(9-7-17)27(15-16(2)3)34(30,31)20-10-11-21(22(12-20)33(4,24)29)25-13-19-14-26-23(28)32-19/h6-12,16,19,24-25H,5,13-15H2,1-4H3,(H,26,28)/t19-,33?/m0/s1. The zero-order chi connectivity index (χ0) is 25.1. The second-order valence-electron chi connectivity index (χ2n) is 8.74. The summed E-state index contributed by atoms with van der Waals surface area (Å²) in [4.78, 5) is 11.3. The van der Waals surface area contributed by atoms with Gasteiger partial charge < -0.3 is 15.4 Å². The lowest BCUT2D eigenvalue weighted by molar-refractivity contribution is 0.145. The molecule has 11 heteroatoms. The zero-order valence-corrected chi connectivity index (χ0v) is 21.5. The Morgan fingerprint density at radius 1 is 1.18 bits per heavy atom. The number of cyclic esters (lactones) is 1. The molecule has 0 spiro atoms. The number of benzene rings is 2. The first-order valence-electron chi connectivity index (χ1n) is 11.1. The third kappa shape index (κ3) is 6.01. The van der Waals surface area contributed by atoms with Crippen molar-refractivity contribution in [2.45, 2.75) is 43.1 Å². The number of nitrogens with one attached hydrogen (secondary N) is 3. The molecule has 1 fully saturated rings.